The summed E-state index contributed by atoms with van der Waals surface area (Å²) in [4.78, 5) is 11.1. The second kappa shape index (κ2) is 5.71. The second-order valence-electron chi connectivity index (χ2n) is 4.65. The van der Waals surface area contributed by atoms with Gasteiger partial charge in [0.15, 0.2) is 0 Å². The van der Waals surface area contributed by atoms with E-state index in [2.05, 4.69) is 4.72 Å². The van der Waals surface area contributed by atoms with Gasteiger partial charge < -0.3 is 5.11 Å². The summed E-state index contributed by atoms with van der Waals surface area (Å²) in [7, 11) is -3.83. The monoisotopic (exact) mass is 285 g/mol. The Morgan fingerprint density at radius 2 is 1.74 bits per heavy atom. The SMILES string of the molecule is CC[C@H](NS(=O)(=O)c1c(C)cc(C)cc1C)C(=O)O. The van der Waals surface area contributed by atoms with Gasteiger partial charge in [-0.05, 0) is 38.3 Å². The van der Waals surface area contributed by atoms with Crippen molar-refractivity contribution in [1.29, 1.82) is 0 Å². The molecule has 0 aliphatic heterocycles. The normalized spacial score (nSPS) is 13.3. The first-order valence-corrected chi connectivity index (χ1v) is 7.50. The van der Waals surface area contributed by atoms with Crippen LogP contribution in [0.25, 0.3) is 0 Å². The van der Waals surface area contributed by atoms with Crippen LogP contribution in [0.15, 0.2) is 17.0 Å². The summed E-state index contributed by atoms with van der Waals surface area (Å²) in [6.07, 6.45) is 0.193. The predicted molar refractivity (Wildman–Crippen MR) is 72.7 cm³/mol. The lowest BCUT2D eigenvalue weighted by atomic mass is 10.1. The lowest BCUT2D eigenvalue weighted by molar-refractivity contribution is -0.139. The van der Waals surface area contributed by atoms with E-state index in [-0.39, 0.29) is 11.3 Å². The molecule has 0 amide bonds. The maximum absolute atomic E-state index is 12.3. The van der Waals surface area contributed by atoms with Crippen LogP contribution < -0.4 is 4.72 Å². The Hall–Kier alpha value is -1.40. The second-order valence-corrected chi connectivity index (χ2v) is 6.30. The smallest absolute Gasteiger partial charge is 0.321 e. The zero-order valence-electron chi connectivity index (χ0n) is 11.5. The lowest BCUT2D eigenvalue weighted by Gasteiger charge is -2.16. The fourth-order valence-corrected chi connectivity index (χ4v) is 3.87. The Labute approximate surface area is 113 Å². The van der Waals surface area contributed by atoms with E-state index in [1.165, 1.54) is 0 Å². The molecule has 1 aromatic carbocycles. The van der Waals surface area contributed by atoms with Crippen molar-refractivity contribution in [3.05, 3.63) is 28.8 Å². The highest BCUT2D eigenvalue weighted by atomic mass is 32.2. The van der Waals surface area contributed by atoms with Crippen LogP contribution in [-0.4, -0.2) is 25.5 Å². The Morgan fingerprint density at radius 3 is 2.11 bits per heavy atom. The molecule has 106 valence electrons. The fraction of sp³-hybridized carbons (Fsp3) is 0.462. The van der Waals surface area contributed by atoms with Crippen molar-refractivity contribution in [2.75, 3.05) is 0 Å². The van der Waals surface area contributed by atoms with E-state index in [4.69, 9.17) is 5.11 Å². The minimum Gasteiger partial charge on any atom is -0.480 e. The van der Waals surface area contributed by atoms with Crippen molar-refractivity contribution in [3.63, 3.8) is 0 Å². The summed E-state index contributed by atoms with van der Waals surface area (Å²) in [5.74, 6) is -1.17. The van der Waals surface area contributed by atoms with Crippen LogP contribution in [0, 0.1) is 20.8 Å². The number of rotatable bonds is 5. The number of aliphatic carboxylic acids is 1. The molecule has 0 aliphatic rings. The first-order chi connectivity index (χ1) is 8.69. The molecule has 0 spiro atoms. The molecule has 1 aromatic rings. The fourth-order valence-electron chi connectivity index (χ4n) is 2.15. The van der Waals surface area contributed by atoms with E-state index < -0.39 is 22.0 Å². The van der Waals surface area contributed by atoms with Gasteiger partial charge in [0.1, 0.15) is 6.04 Å². The molecule has 1 rings (SSSR count). The summed E-state index contributed by atoms with van der Waals surface area (Å²) >= 11 is 0. The molecule has 0 aliphatic carbocycles. The number of carboxylic acid groups (broad SMARTS) is 1. The van der Waals surface area contributed by atoms with E-state index in [9.17, 15) is 13.2 Å². The van der Waals surface area contributed by atoms with E-state index in [1.807, 2.05) is 6.92 Å². The van der Waals surface area contributed by atoms with Crippen LogP contribution in [-0.2, 0) is 14.8 Å². The Bertz CT molecular complexity index is 570. The Morgan fingerprint density at radius 1 is 1.26 bits per heavy atom. The third-order valence-electron chi connectivity index (χ3n) is 2.88. The first kappa shape index (κ1) is 15.7. The topological polar surface area (TPSA) is 83.5 Å². The number of carboxylic acids is 1. The molecular weight excluding hydrogens is 266 g/mol. The summed E-state index contributed by atoms with van der Waals surface area (Å²) < 4.78 is 26.8. The standard InChI is InChI=1S/C13H19NO4S/c1-5-11(13(15)16)14-19(17,18)12-9(3)6-8(2)7-10(12)4/h6-7,11,14H,5H2,1-4H3,(H,15,16)/t11-/m0/s1. The van der Waals surface area contributed by atoms with Gasteiger partial charge in [-0.2, -0.15) is 4.72 Å². The Kier molecular flexibility index (Phi) is 4.70. The van der Waals surface area contributed by atoms with Crippen molar-refractivity contribution in [2.45, 2.75) is 45.1 Å². The number of benzene rings is 1. The average Bonchev–Trinajstić information content (AvgIpc) is 2.23. The van der Waals surface area contributed by atoms with E-state index in [1.54, 1.807) is 32.9 Å². The maximum atomic E-state index is 12.3. The van der Waals surface area contributed by atoms with Crippen LogP contribution in [0.2, 0.25) is 0 Å². The van der Waals surface area contributed by atoms with Gasteiger partial charge in [-0.25, -0.2) is 8.42 Å². The number of hydrogen-bond acceptors (Lipinski definition) is 3. The van der Waals surface area contributed by atoms with Crippen LogP contribution in [0.1, 0.15) is 30.0 Å². The van der Waals surface area contributed by atoms with Gasteiger partial charge in [-0.1, -0.05) is 24.6 Å². The molecule has 0 saturated heterocycles. The molecule has 0 aromatic heterocycles. The van der Waals surface area contributed by atoms with Crippen molar-refractivity contribution >= 4 is 16.0 Å². The predicted octanol–water partition coefficient (Wildman–Crippen LogP) is 1.75. The third-order valence-corrected chi connectivity index (χ3v) is 4.65. The molecule has 0 heterocycles. The molecular formula is C13H19NO4S. The summed E-state index contributed by atoms with van der Waals surface area (Å²) in [5.41, 5.74) is 2.20. The lowest BCUT2D eigenvalue weighted by Crippen LogP contribution is -2.40. The van der Waals surface area contributed by atoms with E-state index in [0.29, 0.717) is 11.1 Å². The summed E-state index contributed by atoms with van der Waals surface area (Å²) in [6, 6.07) is 2.43. The van der Waals surface area contributed by atoms with Gasteiger partial charge in [0.25, 0.3) is 0 Å². The van der Waals surface area contributed by atoms with Gasteiger partial charge in [-0.3, -0.25) is 4.79 Å². The molecule has 0 bridgehead atoms. The highest BCUT2D eigenvalue weighted by molar-refractivity contribution is 7.89. The number of nitrogens with one attached hydrogen (secondary N) is 1. The molecule has 6 heteroatoms. The largest absolute Gasteiger partial charge is 0.480 e. The van der Waals surface area contributed by atoms with Crippen LogP contribution in [0.5, 0.6) is 0 Å². The number of hydrogen-bond donors (Lipinski definition) is 2. The molecule has 0 radical (unpaired) electrons. The van der Waals surface area contributed by atoms with Crippen LogP contribution >= 0.6 is 0 Å². The van der Waals surface area contributed by atoms with Gasteiger partial charge in [0, 0.05) is 0 Å². The molecule has 0 saturated carbocycles. The zero-order valence-corrected chi connectivity index (χ0v) is 12.3. The maximum Gasteiger partial charge on any atom is 0.321 e. The molecule has 1 atom stereocenters. The van der Waals surface area contributed by atoms with Crippen LogP contribution in [0.4, 0.5) is 0 Å². The van der Waals surface area contributed by atoms with Crippen molar-refractivity contribution < 1.29 is 18.3 Å². The van der Waals surface area contributed by atoms with Gasteiger partial charge in [0.2, 0.25) is 10.0 Å². The number of sulfonamides is 1. The van der Waals surface area contributed by atoms with Gasteiger partial charge >= 0.3 is 5.97 Å². The number of aryl methyl sites for hydroxylation is 3. The van der Waals surface area contributed by atoms with Gasteiger partial charge in [-0.15, -0.1) is 0 Å². The summed E-state index contributed by atoms with van der Waals surface area (Å²) in [5, 5.41) is 8.94. The Balaban J connectivity index is 3.25. The van der Waals surface area contributed by atoms with E-state index in [0.717, 1.165) is 5.56 Å². The first-order valence-electron chi connectivity index (χ1n) is 6.02. The van der Waals surface area contributed by atoms with Gasteiger partial charge in [0.05, 0.1) is 4.90 Å². The zero-order chi connectivity index (χ0) is 14.8. The quantitative estimate of drug-likeness (QED) is 0.863. The molecule has 0 fully saturated rings. The minimum atomic E-state index is -3.83. The average molecular weight is 285 g/mol. The van der Waals surface area contributed by atoms with Crippen molar-refractivity contribution in [1.82, 2.24) is 4.72 Å². The van der Waals surface area contributed by atoms with Crippen molar-refractivity contribution in [2.24, 2.45) is 0 Å². The summed E-state index contributed by atoms with van der Waals surface area (Å²) in [6.45, 7) is 6.92. The van der Waals surface area contributed by atoms with E-state index >= 15 is 0 Å². The minimum absolute atomic E-state index is 0.165. The highest BCUT2D eigenvalue weighted by Gasteiger charge is 2.26. The highest BCUT2D eigenvalue weighted by Crippen LogP contribution is 2.22. The molecule has 0 unspecified atom stereocenters. The third kappa shape index (κ3) is 3.54. The molecule has 19 heavy (non-hydrogen) atoms. The molecule has 2 N–H and O–H groups in total. The van der Waals surface area contributed by atoms with Crippen LogP contribution in [0.3, 0.4) is 0 Å². The molecule has 5 nitrogen and oxygen atoms in total. The number of carbonyl (C=O) groups is 1. The van der Waals surface area contributed by atoms with Crippen molar-refractivity contribution in [3.8, 4) is 0 Å².